The molecule has 236 valence electrons. The molecule has 0 fully saturated rings. The number of fused-ring (bicyclic) bond motifs is 3. The van der Waals surface area contributed by atoms with Gasteiger partial charge in [-0.2, -0.15) is 11.6 Å². The quantitative estimate of drug-likeness (QED) is 0.233. The predicted octanol–water partition coefficient (Wildman–Crippen LogP) is 5.76. The summed E-state index contributed by atoms with van der Waals surface area (Å²) in [7, 11) is 0. The molecule has 1 unspecified atom stereocenters. The zero-order valence-electron chi connectivity index (χ0n) is 29.0. The molecule has 0 nitrogen and oxygen atoms in total. The van der Waals surface area contributed by atoms with Crippen LogP contribution in [0.15, 0.2) is 84.0 Å². The molecule has 3 heteroatoms. The average molecular weight is 707 g/mol. The summed E-state index contributed by atoms with van der Waals surface area (Å²) in [6.45, 7) is 27.0. The Morgan fingerprint density at radius 1 is 0.727 bits per heavy atom. The Kier molecular flexibility index (Phi) is 14.9. The van der Waals surface area contributed by atoms with Gasteiger partial charge in [-0.1, -0.05) is 129 Å². The molecule has 4 aromatic rings. The number of aryl methyl sites for hydroxylation is 1. The average Bonchev–Trinajstić information content (AvgIpc) is 3.48. The summed E-state index contributed by atoms with van der Waals surface area (Å²) in [5.74, 6) is 0.522. The molecule has 0 N–H and O–H groups in total. The van der Waals surface area contributed by atoms with E-state index in [-0.39, 0.29) is 35.6 Å². The van der Waals surface area contributed by atoms with Gasteiger partial charge in [0.1, 0.15) is 0 Å². The summed E-state index contributed by atoms with van der Waals surface area (Å²) >= 11 is 1.47. The number of hydrogen-bond donors (Lipinski definition) is 0. The van der Waals surface area contributed by atoms with E-state index in [1.54, 1.807) is 0 Å². The zero-order valence-corrected chi connectivity index (χ0v) is 33.0. The number of allylic oxidation sites excluding steroid dienone is 4. The summed E-state index contributed by atoms with van der Waals surface area (Å²) < 4.78 is 2.19. The van der Waals surface area contributed by atoms with Crippen molar-refractivity contribution in [1.82, 2.24) is 0 Å². The van der Waals surface area contributed by atoms with Crippen molar-refractivity contribution in [2.24, 2.45) is 11.3 Å². The third-order valence-electron chi connectivity index (χ3n) is 7.99. The molecule has 0 heterocycles. The summed E-state index contributed by atoms with van der Waals surface area (Å²) in [6, 6.07) is 24.7. The molecule has 1 aliphatic rings. The van der Waals surface area contributed by atoms with Crippen molar-refractivity contribution in [2.45, 2.75) is 100 Å². The molecule has 44 heavy (non-hydrogen) atoms. The van der Waals surface area contributed by atoms with E-state index in [9.17, 15) is 0 Å². The Hall–Kier alpha value is -1.66. The van der Waals surface area contributed by atoms with Crippen LogP contribution >= 0.6 is 0 Å². The second-order valence-corrected chi connectivity index (χ2v) is 15.6. The van der Waals surface area contributed by atoms with Gasteiger partial charge in [0.2, 0.25) is 0 Å². The van der Waals surface area contributed by atoms with Crippen LogP contribution in [0.1, 0.15) is 105 Å². The maximum absolute atomic E-state index is 3.48. The standard InChI is InChI=1S/C21H25.C12H19.C8H8.2ClH.Zr/c1-20(2,3)16-7-9-18-14(12-16)11-15-13-17(21(4,5)6)8-10-19(15)18;1-6-10-7-9(2)8-11(10)12(3,4)5;1-7-3-5-8(2)6-4-7;;;/h7-13H,1-6H3;8-9H,6H2,1-5H3;1,3-6H,2H3;2*1H;/q2*-1;;;;+2/p-2. The Morgan fingerprint density at radius 3 is 1.52 bits per heavy atom. The summed E-state index contributed by atoms with van der Waals surface area (Å²) in [6.07, 6.45) is 6.95. The predicted molar refractivity (Wildman–Crippen MR) is 185 cm³/mol. The molecule has 5 rings (SSSR count). The van der Waals surface area contributed by atoms with Gasteiger partial charge in [0.15, 0.2) is 0 Å². The van der Waals surface area contributed by atoms with Gasteiger partial charge in [0.25, 0.3) is 0 Å². The monoisotopic (exact) mass is 704 g/mol. The Morgan fingerprint density at radius 2 is 1.18 bits per heavy atom. The molecule has 1 atom stereocenters. The molecule has 0 saturated heterocycles. The van der Waals surface area contributed by atoms with Crippen molar-refractivity contribution >= 4 is 25.3 Å². The molecule has 0 spiro atoms. The third-order valence-corrected chi connectivity index (χ3v) is 8.80. The van der Waals surface area contributed by atoms with Gasteiger partial charge in [0.05, 0.1) is 0 Å². The van der Waals surface area contributed by atoms with E-state index in [1.165, 1.54) is 79.2 Å². The number of benzene rings is 3. The molecule has 0 aromatic heterocycles. The largest absolute Gasteiger partial charge is 1.00 e. The van der Waals surface area contributed by atoms with Gasteiger partial charge in [-0.15, -0.1) is 39.7 Å². The van der Waals surface area contributed by atoms with Crippen molar-refractivity contribution in [3.63, 3.8) is 0 Å². The molecule has 0 saturated carbocycles. The fourth-order valence-corrected chi connectivity index (χ4v) is 5.83. The van der Waals surface area contributed by atoms with Crippen LogP contribution < -0.4 is 24.8 Å². The summed E-state index contributed by atoms with van der Waals surface area (Å²) in [5, 5.41) is 5.48. The second-order valence-electron chi connectivity index (χ2n) is 14.9. The van der Waals surface area contributed by atoms with Crippen molar-refractivity contribution in [3.8, 4) is 0 Å². The van der Waals surface area contributed by atoms with Crippen LogP contribution in [0.25, 0.3) is 21.5 Å². The normalized spacial score (nSPS) is 14.7. The van der Waals surface area contributed by atoms with E-state index >= 15 is 0 Å². The van der Waals surface area contributed by atoms with Gasteiger partial charge in [-0.05, 0) is 10.8 Å². The van der Waals surface area contributed by atoms with Gasteiger partial charge in [-0.3, -0.25) is 6.08 Å². The Bertz CT molecular complexity index is 1510. The summed E-state index contributed by atoms with van der Waals surface area (Å²) in [4.78, 5) is 0. The first kappa shape index (κ1) is 40.4. The molecular formula is C41H52Cl2Zr-2. The van der Waals surface area contributed by atoms with E-state index in [0.717, 1.165) is 6.42 Å². The maximum atomic E-state index is 3.48. The van der Waals surface area contributed by atoms with Crippen LogP contribution in [-0.4, -0.2) is 3.71 Å². The van der Waals surface area contributed by atoms with Crippen LogP contribution in [0.4, 0.5) is 0 Å². The molecule has 0 radical (unpaired) electrons. The minimum atomic E-state index is 0. The second kappa shape index (κ2) is 16.3. The molecule has 1 aliphatic carbocycles. The van der Waals surface area contributed by atoms with Crippen LogP contribution in [0.5, 0.6) is 0 Å². The van der Waals surface area contributed by atoms with E-state index in [0.29, 0.717) is 11.3 Å². The van der Waals surface area contributed by atoms with Gasteiger partial charge in [-0.25, -0.2) is 5.57 Å². The zero-order chi connectivity index (χ0) is 31.5. The fraction of sp³-hybridized carbons (Fsp3) is 0.415. The van der Waals surface area contributed by atoms with Crippen LogP contribution in [0.2, 0.25) is 0 Å². The molecular weight excluding hydrogens is 655 g/mol. The number of hydrogen-bond acceptors (Lipinski definition) is 0. The Balaban J connectivity index is 0.000000359. The topological polar surface area (TPSA) is 0 Å². The number of rotatable bonds is 2. The van der Waals surface area contributed by atoms with Crippen molar-refractivity contribution < 1.29 is 49.0 Å². The fourth-order valence-electron chi connectivity index (χ4n) is 5.36. The SMILES string of the molecule is CC(C)(C)c1ccc2c(c1)[cH-]c1cc(C(C)(C)C)ccc12.CCC1=[C-]C(C)C=C1C(C)(C)C.Cc1ccc([CH]=[Zr+2])cc1.[Cl-].[Cl-]. The van der Waals surface area contributed by atoms with E-state index < -0.39 is 0 Å². The minimum Gasteiger partial charge on any atom is -1.00 e. The van der Waals surface area contributed by atoms with Crippen molar-refractivity contribution in [3.05, 3.63) is 112 Å². The van der Waals surface area contributed by atoms with Crippen LogP contribution in [-0.2, 0) is 35.1 Å². The van der Waals surface area contributed by atoms with Gasteiger partial charge >= 0.3 is 70.3 Å². The van der Waals surface area contributed by atoms with Gasteiger partial charge < -0.3 is 24.8 Å². The first-order valence-corrected chi connectivity index (χ1v) is 16.9. The van der Waals surface area contributed by atoms with E-state index in [2.05, 4.69) is 166 Å². The number of halogens is 2. The first-order valence-electron chi connectivity index (χ1n) is 15.5. The van der Waals surface area contributed by atoms with Crippen LogP contribution in [0, 0.1) is 24.3 Å². The van der Waals surface area contributed by atoms with Crippen molar-refractivity contribution in [2.75, 3.05) is 0 Å². The molecule has 0 aliphatic heterocycles. The van der Waals surface area contributed by atoms with Gasteiger partial charge in [0, 0.05) is 0 Å². The first-order chi connectivity index (χ1) is 19.4. The van der Waals surface area contributed by atoms with E-state index in [1.807, 2.05) is 0 Å². The molecule has 0 amide bonds. The van der Waals surface area contributed by atoms with Crippen LogP contribution in [0.3, 0.4) is 0 Å². The minimum absolute atomic E-state index is 0. The summed E-state index contributed by atoms with van der Waals surface area (Å²) in [5.41, 5.74) is 9.09. The third kappa shape index (κ3) is 10.7. The molecule has 0 bridgehead atoms. The smallest absolute Gasteiger partial charge is 1.00 e. The van der Waals surface area contributed by atoms with E-state index in [4.69, 9.17) is 0 Å². The van der Waals surface area contributed by atoms with Crippen molar-refractivity contribution in [1.29, 1.82) is 0 Å². The molecule has 4 aromatic carbocycles. The Labute approximate surface area is 296 Å². The maximum Gasteiger partial charge on any atom is -1.00 e.